The second-order valence-electron chi connectivity index (χ2n) is 8.26. The van der Waals surface area contributed by atoms with Crippen molar-refractivity contribution in [1.82, 2.24) is 4.98 Å². The molecule has 0 bridgehead atoms. The van der Waals surface area contributed by atoms with Crippen molar-refractivity contribution in [1.29, 1.82) is 0 Å². The van der Waals surface area contributed by atoms with Gasteiger partial charge in [-0.25, -0.2) is 0 Å². The first-order valence-corrected chi connectivity index (χ1v) is 11.2. The molecule has 168 valence electrons. The monoisotopic (exact) mass is 427 g/mol. The Balaban J connectivity index is 1.53. The van der Waals surface area contributed by atoms with Crippen LogP contribution in [-0.4, -0.2) is 56.9 Å². The fourth-order valence-corrected chi connectivity index (χ4v) is 4.05. The quantitative estimate of drug-likeness (QED) is 0.532. The Bertz CT molecular complexity index is 870. The maximum atomic E-state index is 6.07. The van der Waals surface area contributed by atoms with Crippen molar-refractivity contribution in [2.75, 3.05) is 50.2 Å². The number of hydrogen-bond acceptors (Lipinski definition) is 7. The number of nitrogens with zero attached hydrogens (tertiary/aromatic N) is 2. The van der Waals surface area contributed by atoms with E-state index in [0.717, 1.165) is 60.6 Å². The van der Waals surface area contributed by atoms with E-state index in [1.165, 1.54) is 0 Å². The van der Waals surface area contributed by atoms with Crippen LogP contribution >= 0.6 is 0 Å². The van der Waals surface area contributed by atoms with Crippen LogP contribution < -0.4 is 15.4 Å². The van der Waals surface area contributed by atoms with Gasteiger partial charge in [-0.05, 0) is 68.0 Å². The summed E-state index contributed by atoms with van der Waals surface area (Å²) in [5.74, 6) is 1.47. The van der Waals surface area contributed by atoms with Gasteiger partial charge in [0, 0.05) is 24.9 Å². The molecule has 0 aliphatic carbocycles. The SMILES string of the molecule is Cc1ccc(N)cc1-c1cc(OCCOC2CCCCO2)nc(N2CCOC[C@H]2C)c1. The lowest BCUT2D eigenvalue weighted by molar-refractivity contribution is -0.165. The number of aromatic nitrogens is 1. The zero-order valence-electron chi connectivity index (χ0n) is 18.5. The molecular formula is C24H33N3O4. The summed E-state index contributed by atoms with van der Waals surface area (Å²) < 4.78 is 23.0. The minimum Gasteiger partial charge on any atom is -0.475 e. The molecule has 7 heteroatoms. The zero-order valence-corrected chi connectivity index (χ0v) is 18.5. The lowest BCUT2D eigenvalue weighted by atomic mass is 10.0. The van der Waals surface area contributed by atoms with Crippen molar-refractivity contribution < 1.29 is 18.9 Å². The molecule has 2 aliphatic heterocycles. The molecular weight excluding hydrogens is 394 g/mol. The molecule has 31 heavy (non-hydrogen) atoms. The maximum absolute atomic E-state index is 6.07. The van der Waals surface area contributed by atoms with E-state index < -0.39 is 0 Å². The molecule has 3 heterocycles. The van der Waals surface area contributed by atoms with Crippen molar-refractivity contribution in [2.45, 2.75) is 45.4 Å². The van der Waals surface area contributed by atoms with E-state index in [2.05, 4.69) is 24.8 Å². The third-order valence-corrected chi connectivity index (χ3v) is 5.80. The topological polar surface area (TPSA) is 79.1 Å². The van der Waals surface area contributed by atoms with Gasteiger partial charge in [-0.2, -0.15) is 4.98 Å². The van der Waals surface area contributed by atoms with E-state index in [4.69, 9.17) is 29.7 Å². The van der Waals surface area contributed by atoms with Crippen molar-refractivity contribution in [2.24, 2.45) is 0 Å². The molecule has 0 amide bonds. The van der Waals surface area contributed by atoms with Gasteiger partial charge in [0.2, 0.25) is 5.88 Å². The van der Waals surface area contributed by atoms with Crippen LogP contribution in [-0.2, 0) is 14.2 Å². The molecule has 2 atom stereocenters. The normalized spacial score (nSPS) is 21.8. The van der Waals surface area contributed by atoms with Crippen molar-refractivity contribution >= 4 is 11.5 Å². The molecule has 7 nitrogen and oxygen atoms in total. The van der Waals surface area contributed by atoms with Crippen molar-refractivity contribution in [3.05, 3.63) is 35.9 Å². The number of pyridine rings is 1. The van der Waals surface area contributed by atoms with Crippen LogP contribution in [0.1, 0.15) is 31.7 Å². The molecule has 4 rings (SSSR count). The van der Waals surface area contributed by atoms with Gasteiger partial charge in [0.25, 0.3) is 0 Å². The number of benzene rings is 1. The Labute approximate surface area is 184 Å². The minimum atomic E-state index is -0.114. The molecule has 0 spiro atoms. The molecule has 1 aromatic heterocycles. The lowest BCUT2D eigenvalue weighted by Gasteiger charge is -2.34. The number of aryl methyl sites for hydroxylation is 1. The van der Waals surface area contributed by atoms with Gasteiger partial charge in [0.15, 0.2) is 6.29 Å². The Morgan fingerprint density at radius 1 is 1.16 bits per heavy atom. The molecule has 0 radical (unpaired) electrons. The number of rotatable bonds is 7. The summed E-state index contributed by atoms with van der Waals surface area (Å²) in [5, 5.41) is 0. The highest BCUT2D eigenvalue weighted by Crippen LogP contribution is 2.32. The standard InChI is InChI=1S/C24H33N3O4/c1-17-6-7-20(25)15-21(17)19-13-22(27-8-10-28-16-18(27)2)26-23(14-19)29-11-12-31-24-5-3-4-9-30-24/h6-7,13-15,18,24H,3-5,8-12,16,25H2,1-2H3/t18-,24?/m1/s1. The van der Waals surface area contributed by atoms with Crippen LogP contribution in [0.2, 0.25) is 0 Å². The van der Waals surface area contributed by atoms with Gasteiger partial charge >= 0.3 is 0 Å². The number of anilines is 2. The average Bonchev–Trinajstić information content (AvgIpc) is 2.79. The number of ether oxygens (including phenoxy) is 4. The van der Waals surface area contributed by atoms with Crippen LogP contribution in [0.4, 0.5) is 11.5 Å². The number of nitrogen functional groups attached to an aromatic ring is 1. The van der Waals surface area contributed by atoms with Crippen molar-refractivity contribution in [3.8, 4) is 17.0 Å². The third kappa shape index (κ3) is 5.67. The predicted octanol–water partition coefficient (Wildman–Crippen LogP) is 3.79. The molecule has 2 saturated heterocycles. The van der Waals surface area contributed by atoms with Gasteiger partial charge in [0.05, 0.1) is 25.9 Å². The summed E-state index contributed by atoms with van der Waals surface area (Å²) >= 11 is 0. The van der Waals surface area contributed by atoms with Gasteiger partial charge in [-0.15, -0.1) is 0 Å². The van der Waals surface area contributed by atoms with Gasteiger partial charge in [-0.1, -0.05) is 6.07 Å². The average molecular weight is 428 g/mol. The highest BCUT2D eigenvalue weighted by atomic mass is 16.7. The Morgan fingerprint density at radius 3 is 2.87 bits per heavy atom. The molecule has 1 aromatic carbocycles. The van der Waals surface area contributed by atoms with Crippen molar-refractivity contribution in [3.63, 3.8) is 0 Å². The molecule has 2 N–H and O–H groups in total. The highest BCUT2D eigenvalue weighted by molar-refractivity contribution is 5.74. The molecule has 2 aromatic rings. The first kappa shape index (κ1) is 21.9. The van der Waals surface area contributed by atoms with E-state index in [0.29, 0.717) is 32.3 Å². The molecule has 2 aliphatic rings. The zero-order chi connectivity index (χ0) is 21.6. The van der Waals surface area contributed by atoms with E-state index in [9.17, 15) is 0 Å². The lowest BCUT2D eigenvalue weighted by Crippen LogP contribution is -2.44. The number of morpholine rings is 1. The molecule has 1 unspecified atom stereocenters. The van der Waals surface area contributed by atoms with Crippen LogP contribution in [0.5, 0.6) is 5.88 Å². The predicted molar refractivity (Wildman–Crippen MR) is 121 cm³/mol. The van der Waals surface area contributed by atoms with Crippen LogP contribution in [0.3, 0.4) is 0 Å². The maximum Gasteiger partial charge on any atom is 0.215 e. The summed E-state index contributed by atoms with van der Waals surface area (Å²) in [6.07, 6.45) is 3.09. The van der Waals surface area contributed by atoms with E-state index in [1.54, 1.807) is 0 Å². The van der Waals surface area contributed by atoms with Gasteiger partial charge < -0.3 is 29.6 Å². The highest BCUT2D eigenvalue weighted by Gasteiger charge is 2.22. The Kier molecular flexibility index (Phi) is 7.27. The van der Waals surface area contributed by atoms with Crippen LogP contribution in [0.25, 0.3) is 11.1 Å². The summed E-state index contributed by atoms with van der Waals surface area (Å²) in [6, 6.07) is 10.3. The first-order chi connectivity index (χ1) is 15.1. The van der Waals surface area contributed by atoms with E-state index in [1.807, 2.05) is 24.3 Å². The first-order valence-electron chi connectivity index (χ1n) is 11.2. The van der Waals surface area contributed by atoms with Gasteiger partial charge in [-0.3, -0.25) is 0 Å². The summed E-state index contributed by atoms with van der Waals surface area (Å²) in [5.41, 5.74) is 10.1. The van der Waals surface area contributed by atoms with Crippen LogP contribution in [0.15, 0.2) is 30.3 Å². The van der Waals surface area contributed by atoms with Crippen LogP contribution in [0, 0.1) is 6.92 Å². The Hall–Kier alpha value is -2.35. The van der Waals surface area contributed by atoms with E-state index >= 15 is 0 Å². The minimum absolute atomic E-state index is 0.114. The molecule has 2 fully saturated rings. The summed E-state index contributed by atoms with van der Waals surface area (Å²) in [6.45, 7) is 8.09. The number of nitrogens with two attached hydrogens (primary N) is 1. The summed E-state index contributed by atoms with van der Waals surface area (Å²) in [7, 11) is 0. The number of hydrogen-bond donors (Lipinski definition) is 1. The smallest absolute Gasteiger partial charge is 0.215 e. The summed E-state index contributed by atoms with van der Waals surface area (Å²) in [4.78, 5) is 7.07. The fourth-order valence-electron chi connectivity index (χ4n) is 4.05. The molecule has 0 saturated carbocycles. The van der Waals surface area contributed by atoms with E-state index in [-0.39, 0.29) is 12.3 Å². The second-order valence-corrected chi connectivity index (χ2v) is 8.26. The second kappa shape index (κ2) is 10.3. The van der Waals surface area contributed by atoms with Gasteiger partial charge in [0.1, 0.15) is 12.4 Å². The largest absolute Gasteiger partial charge is 0.475 e. The fraction of sp³-hybridized carbons (Fsp3) is 0.542. The Morgan fingerprint density at radius 2 is 2.06 bits per heavy atom. The third-order valence-electron chi connectivity index (χ3n) is 5.80.